The van der Waals surface area contributed by atoms with Crippen LogP contribution in [0.3, 0.4) is 0 Å². The van der Waals surface area contributed by atoms with E-state index in [1.54, 1.807) is 13.8 Å². The second-order valence-electron chi connectivity index (χ2n) is 5.04. The average molecular weight is 286 g/mol. The molecule has 1 aromatic rings. The predicted octanol–water partition coefficient (Wildman–Crippen LogP) is 1.99. The molecule has 0 radical (unpaired) electrons. The van der Waals surface area contributed by atoms with Gasteiger partial charge >= 0.3 is 0 Å². The van der Waals surface area contributed by atoms with Gasteiger partial charge in [0.05, 0.1) is 10.4 Å². The number of carbonyl (C=O) groups is 1. The lowest BCUT2D eigenvalue weighted by molar-refractivity contribution is -0.121. The molecular formula is C11H18N4OS2. The molecule has 0 unspecified atom stereocenters. The fraction of sp³-hybridized carbons (Fsp3) is 0.636. The average Bonchev–Trinajstić information content (AvgIpc) is 2.64. The molecular weight excluding hydrogens is 268 g/mol. The Kier molecular flexibility index (Phi) is 4.75. The van der Waals surface area contributed by atoms with Crippen molar-refractivity contribution in [2.24, 2.45) is 17.1 Å². The largest absolute Gasteiger partial charge is 0.392 e. The molecule has 1 aromatic heterocycles. The number of rotatable bonds is 5. The van der Waals surface area contributed by atoms with E-state index in [-0.39, 0.29) is 10.9 Å². The second-order valence-corrected chi connectivity index (χ2v) is 6.54. The van der Waals surface area contributed by atoms with Gasteiger partial charge in [-0.1, -0.05) is 37.4 Å². The number of nitrogens with two attached hydrogens (primary N) is 1. The van der Waals surface area contributed by atoms with Crippen LogP contribution in [0.5, 0.6) is 0 Å². The van der Waals surface area contributed by atoms with Gasteiger partial charge in [-0.2, -0.15) is 0 Å². The normalized spacial score (nSPS) is 11.6. The van der Waals surface area contributed by atoms with E-state index in [1.807, 2.05) is 0 Å². The monoisotopic (exact) mass is 286 g/mol. The zero-order valence-corrected chi connectivity index (χ0v) is 12.6. The van der Waals surface area contributed by atoms with Crippen molar-refractivity contribution in [2.45, 2.75) is 34.1 Å². The maximum Gasteiger partial charge on any atom is 0.238 e. The number of carbonyl (C=O) groups excluding carboxylic acids is 1. The smallest absolute Gasteiger partial charge is 0.238 e. The molecule has 1 amide bonds. The minimum absolute atomic E-state index is 0.159. The van der Waals surface area contributed by atoms with E-state index in [4.69, 9.17) is 18.0 Å². The highest BCUT2D eigenvalue weighted by Gasteiger charge is 2.31. The lowest BCUT2D eigenvalue weighted by Crippen LogP contribution is -2.41. The summed E-state index contributed by atoms with van der Waals surface area (Å²) < 4.78 is 0. The summed E-state index contributed by atoms with van der Waals surface area (Å²) in [5.41, 5.74) is 4.64. The molecule has 7 heteroatoms. The van der Waals surface area contributed by atoms with Crippen molar-refractivity contribution in [3.63, 3.8) is 0 Å². The van der Waals surface area contributed by atoms with E-state index < -0.39 is 5.41 Å². The summed E-state index contributed by atoms with van der Waals surface area (Å²) in [7, 11) is 0. The highest BCUT2D eigenvalue weighted by atomic mass is 32.1. The first-order valence-corrected chi connectivity index (χ1v) is 6.89. The molecule has 0 aliphatic carbocycles. The molecule has 5 nitrogen and oxygen atoms in total. The standard InChI is InChI=1S/C11H18N4OS2/c1-6(2)5-7-14-15-10(18-7)13-9(16)11(3,4)8(12)17/h6H,5H2,1-4H3,(H2,12,17)(H,13,15,16). The summed E-state index contributed by atoms with van der Waals surface area (Å²) in [6.45, 7) is 7.58. The van der Waals surface area contributed by atoms with Crippen LogP contribution in [0.15, 0.2) is 0 Å². The first kappa shape index (κ1) is 15.0. The topological polar surface area (TPSA) is 80.9 Å². The third-order valence-electron chi connectivity index (χ3n) is 2.45. The van der Waals surface area contributed by atoms with Gasteiger partial charge in [0.1, 0.15) is 5.01 Å². The molecule has 0 saturated heterocycles. The van der Waals surface area contributed by atoms with Gasteiger partial charge in [-0.05, 0) is 19.8 Å². The fourth-order valence-corrected chi connectivity index (χ4v) is 2.14. The van der Waals surface area contributed by atoms with E-state index in [9.17, 15) is 4.79 Å². The molecule has 0 aromatic carbocycles. The minimum Gasteiger partial charge on any atom is -0.392 e. The summed E-state index contributed by atoms with van der Waals surface area (Å²) in [5, 5.41) is 12.1. The van der Waals surface area contributed by atoms with Gasteiger partial charge in [0.15, 0.2) is 0 Å². The van der Waals surface area contributed by atoms with Gasteiger partial charge in [-0.25, -0.2) is 0 Å². The highest BCUT2D eigenvalue weighted by Crippen LogP contribution is 2.22. The molecule has 0 spiro atoms. The summed E-state index contributed by atoms with van der Waals surface area (Å²) >= 11 is 6.25. The molecule has 100 valence electrons. The highest BCUT2D eigenvalue weighted by molar-refractivity contribution is 7.80. The van der Waals surface area contributed by atoms with E-state index >= 15 is 0 Å². The Labute approximate surface area is 116 Å². The van der Waals surface area contributed by atoms with Crippen LogP contribution >= 0.6 is 23.6 Å². The first-order valence-electron chi connectivity index (χ1n) is 5.67. The summed E-state index contributed by atoms with van der Waals surface area (Å²) in [4.78, 5) is 12.1. The molecule has 18 heavy (non-hydrogen) atoms. The van der Waals surface area contributed by atoms with Gasteiger partial charge in [-0.15, -0.1) is 10.2 Å². The van der Waals surface area contributed by atoms with E-state index in [0.717, 1.165) is 11.4 Å². The van der Waals surface area contributed by atoms with E-state index in [2.05, 4.69) is 29.4 Å². The Bertz CT molecular complexity index is 454. The zero-order valence-electron chi connectivity index (χ0n) is 11.0. The van der Waals surface area contributed by atoms with Crippen molar-refractivity contribution in [1.29, 1.82) is 0 Å². The molecule has 0 aliphatic heterocycles. The number of hydrogen-bond acceptors (Lipinski definition) is 5. The fourth-order valence-electron chi connectivity index (χ4n) is 1.10. The Balaban J connectivity index is 2.71. The number of anilines is 1. The van der Waals surface area contributed by atoms with Gasteiger partial charge in [0, 0.05) is 6.42 Å². The van der Waals surface area contributed by atoms with Crippen LogP contribution in [-0.2, 0) is 11.2 Å². The Hall–Kier alpha value is -1.08. The number of amides is 1. The van der Waals surface area contributed by atoms with Crippen molar-refractivity contribution in [3.8, 4) is 0 Å². The molecule has 0 saturated carbocycles. The predicted molar refractivity (Wildman–Crippen MR) is 77.6 cm³/mol. The molecule has 1 heterocycles. The van der Waals surface area contributed by atoms with Crippen LogP contribution in [-0.4, -0.2) is 21.1 Å². The van der Waals surface area contributed by atoms with E-state index in [0.29, 0.717) is 11.0 Å². The van der Waals surface area contributed by atoms with Gasteiger partial charge < -0.3 is 5.73 Å². The van der Waals surface area contributed by atoms with Crippen molar-refractivity contribution in [2.75, 3.05) is 5.32 Å². The van der Waals surface area contributed by atoms with Crippen molar-refractivity contribution in [3.05, 3.63) is 5.01 Å². The summed E-state index contributed by atoms with van der Waals surface area (Å²) in [6.07, 6.45) is 0.853. The quantitative estimate of drug-likeness (QED) is 0.809. The summed E-state index contributed by atoms with van der Waals surface area (Å²) in [6, 6.07) is 0. The molecule has 1 rings (SSSR count). The molecule has 0 bridgehead atoms. The van der Waals surface area contributed by atoms with Crippen LogP contribution in [0.1, 0.15) is 32.7 Å². The molecule has 0 fully saturated rings. The molecule has 3 N–H and O–H groups in total. The number of nitrogens with zero attached hydrogens (tertiary/aromatic N) is 2. The molecule has 0 aliphatic rings. The SMILES string of the molecule is CC(C)Cc1nnc(NC(=O)C(C)(C)C(N)=S)s1. The van der Waals surface area contributed by atoms with Crippen LogP contribution in [0.4, 0.5) is 5.13 Å². The second kappa shape index (κ2) is 5.71. The van der Waals surface area contributed by atoms with Gasteiger partial charge in [0.2, 0.25) is 11.0 Å². The van der Waals surface area contributed by atoms with Gasteiger partial charge in [0.25, 0.3) is 0 Å². The van der Waals surface area contributed by atoms with Crippen LogP contribution in [0.25, 0.3) is 0 Å². The third kappa shape index (κ3) is 3.71. The molecule has 0 atom stereocenters. The Morgan fingerprint density at radius 1 is 1.50 bits per heavy atom. The Morgan fingerprint density at radius 3 is 2.61 bits per heavy atom. The number of aromatic nitrogens is 2. The van der Waals surface area contributed by atoms with Crippen molar-refractivity contribution >= 4 is 39.6 Å². The number of thiocarbonyl (C=S) groups is 1. The Morgan fingerprint density at radius 2 is 2.11 bits per heavy atom. The lowest BCUT2D eigenvalue weighted by atomic mass is 9.92. The maximum absolute atomic E-state index is 12.0. The number of nitrogens with one attached hydrogen (secondary N) is 1. The van der Waals surface area contributed by atoms with Gasteiger partial charge in [-0.3, -0.25) is 10.1 Å². The zero-order chi connectivity index (χ0) is 13.9. The van der Waals surface area contributed by atoms with E-state index in [1.165, 1.54) is 11.3 Å². The number of hydrogen-bond donors (Lipinski definition) is 2. The summed E-state index contributed by atoms with van der Waals surface area (Å²) in [5.74, 6) is 0.247. The maximum atomic E-state index is 12.0. The van der Waals surface area contributed by atoms with Crippen LogP contribution < -0.4 is 11.1 Å². The van der Waals surface area contributed by atoms with Crippen molar-refractivity contribution < 1.29 is 4.79 Å². The van der Waals surface area contributed by atoms with Crippen LogP contribution in [0, 0.1) is 11.3 Å². The first-order chi connectivity index (χ1) is 8.23. The van der Waals surface area contributed by atoms with Crippen LogP contribution in [0.2, 0.25) is 0 Å². The minimum atomic E-state index is -0.890. The third-order valence-corrected chi connectivity index (χ3v) is 3.83. The van der Waals surface area contributed by atoms with Crippen molar-refractivity contribution in [1.82, 2.24) is 10.2 Å². The lowest BCUT2D eigenvalue weighted by Gasteiger charge is -2.20.